The zero-order chi connectivity index (χ0) is 11.8. The van der Waals surface area contributed by atoms with Crippen molar-refractivity contribution in [2.24, 2.45) is 0 Å². The van der Waals surface area contributed by atoms with Crippen LogP contribution in [-0.2, 0) is 9.59 Å². The Morgan fingerprint density at radius 2 is 2.12 bits per heavy atom. The van der Waals surface area contributed by atoms with Gasteiger partial charge >= 0.3 is 11.9 Å². The summed E-state index contributed by atoms with van der Waals surface area (Å²) < 4.78 is 0. The zero-order valence-electron chi connectivity index (χ0n) is 8.98. The summed E-state index contributed by atoms with van der Waals surface area (Å²) in [6.07, 6.45) is 1.78. The van der Waals surface area contributed by atoms with Crippen LogP contribution in [0.2, 0.25) is 0 Å². The minimum Gasteiger partial charge on any atom is -0.480 e. The average Bonchev–Trinajstić information content (AvgIpc) is 2.87. The van der Waals surface area contributed by atoms with Crippen molar-refractivity contribution in [1.29, 1.82) is 0 Å². The van der Waals surface area contributed by atoms with Crippen LogP contribution in [-0.4, -0.2) is 58.3 Å². The fourth-order valence-corrected chi connectivity index (χ4v) is 2.77. The molecule has 0 aromatic rings. The third kappa shape index (κ3) is 1.58. The molecule has 0 aromatic heterocycles. The van der Waals surface area contributed by atoms with Gasteiger partial charge in [-0.15, -0.1) is 0 Å². The Labute approximate surface area is 93.2 Å². The predicted octanol–water partition coefficient (Wildman–Crippen LogP) is -0.648. The second-order valence-electron chi connectivity index (χ2n) is 4.45. The highest BCUT2D eigenvalue weighted by Gasteiger charge is 2.52. The molecule has 16 heavy (non-hydrogen) atoms. The van der Waals surface area contributed by atoms with Crippen molar-refractivity contribution in [1.82, 2.24) is 10.2 Å². The Bertz CT molecular complexity index is 312. The molecule has 2 aliphatic heterocycles. The first kappa shape index (κ1) is 11.3. The molecule has 0 saturated carbocycles. The van der Waals surface area contributed by atoms with Gasteiger partial charge in [0.25, 0.3) is 0 Å². The van der Waals surface area contributed by atoms with E-state index in [4.69, 9.17) is 5.11 Å². The lowest BCUT2D eigenvalue weighted by Gasteiger charge is -2.36. The molecule has 0 aromatic carbocycles. The van der Waals surface area contributed by atoms with Gasteiger partial charge in [-0.3, -0.25) is 14.5 Å². The number of carbonyl (C=O) groups is 2. The molecule has 90 valence electrons. The van der Waals surface area contributed by atoms with E-state index in [1.807, 2.05) is 0 Å². The van der Waals surface area contributed by atoms with Gasteiger partial charge in [0.05, 0.1) is 0 Å². The van der Waals surface area contributed by atoms with Gasteiger partial charge in [0.2, 0.25) is 0 Å². The number of carboxylic acids is 2. The van der Waals surface area contributed by atoms with Gasteiger partial charge in [0.1, 0.15) is 11.6 Å². The van der Waals surface area contributed by atoms with Crippen molar-refractivity contribution in [2.75, 3.05) is 19.6 Å². The fraction of sp³-hybridized carbons (Fsp3) is 0.800. The molecular formula is C10H16N2O4. The van der Waals surface area contributed by atoms with E-state index in [2.05, 4.69) is 5.32 Å². The van der Waals surface area contributed by atoms with Crippen LogP contribution in [0, 0.1) is 0 Å². The van der Waals surface area contributed by atoms with Gasteiger partial charge in [-0.05, 0) is 25.8 Å². The first-order chi connectivity index (χ1) is 7.58. The van der Waals surface area contributed by atoms with Crippen molar-refractivity contribution in [3.05, 3.63) is 0 Å². The highest BCUT2D eigenvalue weighted by molar-refractivity contribution is 5.82. The van der Waals surface area contributed by atoms with Crippen molar-refractivity contribution in [2.45, 2.75) is 30.8 Å². The molecule has 0 spiro atoms. The number of nitrogens with zero attached hydrogens (tertiary/aromatic N) is 1. The molecule has 2 heterocycles. The Morgan fingerprint density at radius 3 is 2.62 bits per heavy atom. The molecule has 6 nitrogen and oxygen atoms in total. The summed E-state index contributed by atoms with van der Waals surface area (Å²) in [7, 11) is 0. The number of hydrogen-bond donors (Lipinski definition) is 3. The maximum absolute atomic E-state index is 11.4. The zero-order valence-corrected chi connectivity index (χ0v) is 8.98. The summed E-state index contributed by atoms with van der Waals surface area (Å²) >= 11 is 0. The van der Waals surface area contributed by atoms with Gasteiger partial charge in [0.15, 0.2) is 0 Å². The molecule has 2 atom stereocenters. The van der Waals surface area contributed by atoms with Crippen LogP contribution >= 0.6 is 0 Å². The first-order valence-electron chi connectivity index (χ1n) is 5.51. The van der Waals surface area contributed by atoms with E-state index in [0.717, 1.165) is 6.42 Å². The van der Waals surface area contributed by atoms with Crippen LogP contribution in [0.25, 0.3) is 0 Å². The second kappa shape index (κ2) is 4.03. The van der Waals surface area contributed by atoms with E-state index >= 15 is 0 Å². The summed E-state index contributed by atoms with van der Waals surface area (Å²) in [4.78, 5) is 24.1. The molecular weight excluding hydrogens is 212 g/mol. The Hall–Kier alpha value is -1.14. The van der Waals surface area contributed by atoms with Crippen LogP contribution in [0.15, 0.2) is 0 Å². The number of aliphatic carboxylic acids is 2. The third-order valence-electron chi connectivity index (χ3n) is 3.62. The smallest absolute Gasteiger partial charge is 0.325 e. The highest BCUT2D eigenvalue weighted by atomic mass is 16.4. The standard InChI is InChI=1S/C10H16N2O4/c13-8(14)7-2-1-5-12(7)10(9(15)16)3-4-11-6-10/h7,11H,1-6H2,(H,13,14)(H,15,16)/t7-,10?/m0/s1. The van der Waals surface area contributed by atoms with E-state index in [1.165, 1.54) is 0 Å². The maximum Gasteiger partial charge on any atom is 0.325 e. The molecule has 0 radical (unpaired) electrons. The van der Waals surface area contributed by atoms with E-state index in [1.54, 1.807) is 4.90 Å². The summed E-state index contributed by atoms with van der Waals surface area (Å²) in [6.45, 7) is 1.53. The quantitative estimate of drug-likeness (QED) is 0.595. The SMILES string of the molecule is O=C(O)[C@@H]1CCCN1C1(C(=O)O)CCNC1. The predicted molar refractivity (Wildman–Crippen MR) is 55.2 cm³/mol. The number of rotatable bonds is 3. The Balaban J connectivity index is 2.26. The lowest BCUT2D eigenvalue weighted by Crippen LogP contribution is -2.59. The van der Waals surface area contributed by atoms with Gasteiger partial charge < -0.3 is 15.5 Å². The van der Waals surface area contributed by atoms with Crippen molar-refractivity contribution < 1.29 is 19.8 Å². The van der Waals surface area contributed by atoms with Crippen molar-refractivity contribution >= 4 is 11.9 Å². The average molecular weight is 228 g/mol. The molecule has 6 heteroatoms. The molecule has 0 aliphatic carbocycles. The lowest BCUT2D eigenvalue weighted by atomic mass is 9.95. The topological polar surface area (TPSA) is 89.9 Å². The lowest BCUT2D eigenvalue weighted by molar-refractivity contribution is -0.155. The summed E-state index contributed by atoms with van der Waals surface area (Å²) in [5.41, 5.74) is -1.01. The molecule has 2 saturated heterocycles. The van der Waals surface area contributed by atoms with Crippen LogP contribution in [0.5, 0.6) is 0 Å². The molecule has 2 fully saturated rings. The van der Waals surface area contributed by atoms with E-state index < -0.39 is 23.5 Å². The van der Waals surface area contributed by atoms with Crippen LogP contribution in [0.1, 0.15) is 19.3 Å². The monoisotopic (exact) mass is 228 g/mol. The number of likely N-dealkylation sites (tertiary alicyclic amines) is 1. The molecule has 3 N–H and O–H groups in total. The molecule has 1 unspecified atom stereocenters. The second-order valence-corrected chi connectivity index (χ2v) is 4.45. The number of nitrogens with one attached hydrogen (secondary N) is 1. The maximum atomic E-state index is 11.4. The normalized spacial score (nSPS) is 35.4. The fourth-order valence-electron chi connectivity index (χ4n) is 2.77. The molecule has 2 aliphatic rings. The minimum atomic E-state index is -1.01. The summed E-state index contributed by atoms with van der Waals surface area (Å²) in [5, 5.41) is 21.4. The largest absolute Gasteiger partial charge is 0.480 e. The number of carboxylic acid groups (broad SMARTS) is 2. The first-order valence-corrected chi connectivity index (χ1v) is 5.51. The number of hydrogen-bond acceptors (Lipinski definition) is 4. The van der Waals surface area contributed by atoms with Crippen LogP contribution < -0.4 is 5.32 Å². The summed E-state index contributed by atoms with van der Waals surface area (Å²) in [6, 6.07) is -0.643. The molecule has 2 rings (SSSR count). The van der Waals surface area contributed by atoms with Gasteiger partial charge in [-0.25, -0.2) is 0 Å². The minimum absolute atomic E-state index is 0.339. The Kier molecular flexibility index (Phi) is 2.86. The van der Waals surface area contributed by atoms with Gasteiger partial charge in [-0.1, -0.05) is 0 Å². The van der Waals surface area contributed by atoms with Gasteiger partial charge in [0, 0.05) is 13.1 Å². The van der Waals surface area contributed by atoms with E-state index in [0.29, 0.717) is 32.5 Å². The molecule has 0 bridgehead atoms. The van der Waals surface area contributed by atoms with E-state index in [9.17, 15) is 14.7 Å². The van der Waals surface area contributed by atoms with Crippen molar-refractivity contribution in [3.63, 3.8) is 0 Å². The molecule has 0 amide bonds. The van der Waals surface area contributed by atoms with E-state index in [-0.39, 0.29) is 0 Å². The van der Waals surface area contributed by atoms with Crippen LogP contribution in [0.3, 0.4) is 0 Å². The Morgan fingerprint density at radius 1 is 1.38 bits per heavy atom. The van der Waals surface area contributed by atoms with Crippen molar-refractivity contribution in [3.8, 4) is 0 Å². The highest BCUT2D eigenvalue weighted by Crippen LogP contribution is 2.31. The van der Waals surface area contributed by atoms with Crippen LogP contribution in [0.4, 0.5) is 0 Å². The summed E-state index contributed by atoms with van der Waals surface area (Å²) in [5.74, 6) is -1.82. The third-order valence-corrected chi connectivity index (χ3v) is 3.62. The van der Waals surface area contributed by atoms with Gasteiger partial charge in [-0.2, -0.15) is 0 Å².